The summed E-state index contributed by atoms with van der Waals surface area (Å²) < 4.78 is 0. The summed E-state index contributed by atoms with van der Waals surface area (Å²) in [5, 5.41) is 4.36. The molecule has 1 unspecified atom stereocenters. The topological polar surface area (TPSA) is 12.0 Å². The lowest BCUT2D eigenvalue weighted by Gasteiger charge is -2.14. The Balaban J connectivity index is 2.23. The van der Waals surface area contributed by atoms with Crippen LogP contribution in [0.1, 0.15) is 51.6 Å². The highest BCUT2D eigenvalue weighted by Gasteiger charge is 2.04. The van der Waals surface area contributed by atoms with Gasteiger partial charge in [-0.05, 0) is 43.5 Å². The third-order valence-electron chi connectivity index (χ3n) is 3.01. The van der Waals surface area contributed by atoms with E-state index in [0.29, 0.717) is 6.04 Å². The van der Waals surface area contributed by atoms with Crippen molar-refractivity contribution in [3.63, 3.8) is 0 Å². The summed E-state index contributed by atoms with van der Waals surface area (Å²) in [6.45, 7) is 7.83. The van der Waals surface area contributed by atoms with E-state index in [9.17, 15) is 0 Å². The molecular weight excluding hydrogens is 230 g/mol. The van der Waals surface area contributed by atoms with Crippen LogP contribution in [-0.2, 0) is 0 Å². The standard InChI is InChI=1S/C15H24ClN/c1-12(2)7-4-5-10-17-13(3)14-8-6-9-15(16)11-14/h6,8-9,11-13,17H,4-5,7,10H2,1-3H3. The van der Waals surface area contributed by atoms with Crippen LogP contribution in [0.2, 0.25) is 5.02 Å². The summed E-state index contributed by atoms with van der Waals surface area (Å²) in [6, 6.07) is 8.47. The summed E-state index contributed by atoms with van der Waals surface area (Å²) in [4.78, 5) is 0. The smallest absolute Gasteiger partial charge is 0.0409 e. The maximum atomic E-state index is 5.98. The molecule has 1 aromatic carbocycles. The molecule has 0 amide bonds. The molecule has 0 spiro atoms. The molecule has 1 nitrogen and oxygen atoms in total. The Morgan fingerprint density at radius 2 is 1.94 bits per heavy atom. The molecule has 0 aliphatic rings. The highest BCUT2D eigenvalue weighted by Crippen LogP contribution is 2.17. The third-order valence-corrected chi connectivity index (χ3v) is 3.24. The Bertz CT molecular complexity index is 322. The van der Waals surface area contributed by atoms with Crippen molar-refractivity contribution in [1.29, 1.82) is 0 Å². The van der Waals surface area contributed by atoms with Crippen molar-refractivity contribution in [3.8, 4) is 0 Å². The minimum absolute atomic E-state index is 0.382. The van der Waals surface area contributed by atoms with Crippen LogP contribution >= 0.6 is 11.6 Å². The van der Waals surface area contributed by atoms with E-state index < -0.39 is 0 Å². The van der Waals surface area contributed by atoms with Crippen molar-refractivity contribution in [1.82, 2.24) is 5.32 Å². The Morgan fingerprint density at radius 3 is 2.59 bits per heavy atom. The van der Waals surface area contributed by atoms with Crippen LogP contribution in [0.25, 0.3) is 0 Å². The monoisotopic (exact) mass is 253 g/mol. The first-order valence-corrected chi connectivity index (χ1v) is 6.96. The zero-order valence-corrected chi connectivity index (χ0v) is 11.9. The van der Waals surface area contributed by atoms with Crippen molar-refractivity contribution in [2.75, 3.05) is 6.54 Å². The van der Waals surface area contributed by atoms with E-state index in [1.54, 1.807) is 0 Å². The van der Waals surface area contributed by atoms with Gasteiger partial charge >= 0.3 is 0 Å². The molecule has 1 atom stereocenters. The van der Waals surface area contributed by atoms with Gasteiger partial charge in [-0.2, -0.15) is 0 Å². The van der Waals surface area contributed by atoms with Gasteiger partial charge < -0.3 is 5.32 Å². The van der Waals surface area contributed by atoms with Crippen LogP contribution in [0.3, 0.4) is 0 Å². The van der Waals surface area contributed by atoms with Crippen LogP contribution in [0, 0.1) is 5.92 Å². The maximum absolute atomic E-state index is 5.98. The van der Waals surface area contributed by atoms with E-state index in [-0.39, 0.29) is 0 Å². The Kier molecular flexibility index (Phi) is 6.61. The fraction of sp³-hybridized carbons (Fsp3) is 0.600. The van der Waals surface area contributed by atoms with E-state index in [1.807, 2.05) is 18.2 Å². The lowest BCUT2D eigenvalue weighted by molar-refractivity contribution is 0.498. The average molecular weight is 254 g/mol. The summed E-state index contributed by atoms with van der Waals surface area (Å²) in [6.07, 6.45) is 3.89. The molecule has 0 saturated heterocycles. The molecular formula is C15H24ClN. The van der Waals surface area contributed by atoms with Crippen molar-refractivity contribution in [2.45, 2.75) is 46.1 Å². The van der Waals surface area contributed by atoms with Gasteiger partial charge in [0.05, 0.1) is 0 Å². The van der Waals surface area contributed by atoms with Crippen LogP contribution in [0.15, 0.2) is 24.3 Å². The quantitative estimate of drug-likeness (QED) is 0.687. The predicted molar refractivity (Wildman–Crippen MR) is 76.6 cm³/mol. The van der Waals surface area contributed by atoms with E-state index in [1.165, 1.54) is 24.8 Å². The molecule has 0 heterocycles. The molecule has 0 fully saturated rings. The van der Waals surface area contributed by atoms with E-state index in [0.717, 1.165) is 17.5 Å². The molecule has 0 saturated carbocycles. The second-order valence-electron chi connectivity index (χ2n) is 5.12. The fourth-order valence-corrected chi connectivity index (χ4v) is 2.09. The molecule has 17 heavy (non-hydrogen) atoms. The average Bonchev–Trinajstić information content (AvgIpc) is 2.28. The molecule has 1 aromatic rings. The van der Waals surface area contributed by atoms with Gasteiger partial charge in [0.2, 0.25) is 0 Å². The van der Waals surface area contributed by atoms with Gasteiger partial charge in [-0.1, -0.05) is 50.4 Å². The van der Waals surface area contributed by atoms with Crippen molar-refractivity contribution in [2.24, 2.45) is 5.92 Å². The summed E-state index contributed by atoms with van der Waals surface area (Å²) in [7, 11) is 0. The number of nitrogens with one attached hydrogen (secondary N) is 1. The van der Waals surface area contributed by atoms with Gasteiger partial charge in [0.1, 0.15) is 0 Å². The Morgan fingerprint density at radius 1 is 1.18 bits per heavy atom. The zero-order valence-electron chi connectivity index (χ0n) is 11.2. The summed E-state index contributed by atoms with van der Waals surface area (Å²) in [5.74, 6) is 0.820. The van der Waals surface area contributed by atoms with Crippen LogP contribution < -0.4 is 5.32 Å². The molecule has 2 heteroatoms. The first-order valence-electron chi connectivity index (χ1n) is 6.58. The first kappa shape index (κ1) is 14.5. The largest absolute Gasteiger partial charge is 0.310 e. The maximum Gasteiger partial charge on any atom is 0.0409 e. The van der Waals surface area contributed by atoms with E-state index in [4.69, 9.17) is 11.6 Å². The molecule has 0 aliphatic heterocycles. The van der Waals surface area contributed by atoms with Crippen LogP contribution in [0.5, 0.6) is 0 Å². The predicted octanol–water partition coefficient (Wildman–Crippen LogP) is 4.82. The Hall–Kier alpha value is -0.530. The molecule has 0 radical (unpaired) electrons. The normalized spacial score (nSPS) is 13.0. The second kappa shape index (κ2) is 7.73. The summed E-state index contributed by atoms with van der Waals surface area (Å²) >= 11 is 5.98. The SMILES string of the molecule is CC(C)CCCCNC(C)c1cccc(Cl)c1. The molecule has 96 valence electrons. The lowest BCUT2D eigenvalue weighted by Crippen LogP contribution is -2.19. The van der Waals surface area contributed by atoms with Crippen molar-refractivity contribution >= 4 is 11.6 Å². The van der Waals surface area contributed by atoms with Gasteiger partial charge in [0.15, 0.2) is 0 Å². The second-order valence-corrected chi connectivity index (χ2v) is 5.56. The lowest BCUT2D eigenvalue weighted by atomic mass is 10.1. The number of rotatable bonds is 7. The fourth-order valence-electron chi connectivity index (χ4n) is 1.89. The molecule has 1 N–H and O–H groups in total. The van der Waals surface area contributed by atoms with Crippen LogP contribution in [-0.4, -0.2) is 6.54 Å². The summed E-state index contributed by atoms with van der Waals surface area (Å²) in [5.41, 5.74) is 1.27. The first-order chi connectivity index (χ1) is 8.09. The third kappa shape index (κ3) is 6.09. The number of hydrogen-bond acceptors (Lipinski definition) is 1. The van der Waals surface area contributed by atoms with Gasteiger partial charge in [-0.15, -0.1) is 0 Å². The van der Waals surface area contributed by atoms with Crippen molar-refractivity contribution < 1.29 is 0 Å². The zero-order chi connectivity index (χ0) is 12.7. The van der Waals surface area contributed by atoms with Crippen LogP contribution in [0.4, 0.5) is 0 Å². The van der Waals surface area contributed by atoms with E-state index >= 15 is 0 Å². The highest BCUT2D eigenvalue weighted by molar-refractivity contribution is 6.30. The Labute approximate surface area is 111 Å². The number of benzene rings is 1. The molecule has 0 aromatic heterocycles. The van der Waals surface area contributed by atoms with Gasteiger partial charge in [-0.3, -0.25) is 0 Å². The number of unbranched alkanes of at least 4 members (excludes halogenated alkanes) is 1. The highest BCUT2D eigenvalue weighted by atomic mass is 35.5. The number of halogens is 1. The van der Waals surface area contributed by atoms with Crippen molar-refractivity contribution in [3.05, 3.63) is 34.9 Å². The van der Waals surface area contributed by atoms with Gasteiger partial charge in [0, 0.05) is 11.1 Å². The molecule has 0 aliphatic carbocycles. The molecule has 0 bridgehead atoms. The molecule has 1 rings (SSSR count). The van der Waals surface area contributed by atoms with E-state index in [2.05, 4.69) is 32.2 Å². The minimum atomic E-state index is 0.382. The number of hydrogen-bond donors (Lipinski definition) is 1. The van der Waals surface area contributed by atoms with Gasteiger partial charge in [0.25, 0.3) is 0 Å². The minimum Gasteiger partial charge on any atom is -0.310 e. The van der Waals surface area contributed by atoms with Gasteiger partial charge in [-0.25, -0.2) is 0 Å².